The second-order valence-electron chi connectivity index (χ2n) is 3.13. The molecule has 0 saturated heterocycles. The van der Waals surface area contributed by atoms with Gasteiger partial charge in [-0.3, -0.25) is 4.79 Å². The summed E-state index contributed by atoms with van der Waals surface area (Å²) in [6.07, 6.45) is -0.541. The predicted molar refractivity (Wildman–Crippen MR) is 60.3 cm³/mol. The molecule has 0 aliphatic heterocycles. The van der Waals surface area contributed by atoms with Gasteiger partial charge in [0.2, 0.25) is 0 Å². The van der Waals surface area contributed by atoms with Crippen molar-refractivity contribution in [3.8, 4) is 0 Å². The van der Waals surface area contributed by atoms with Crippen LogP contribution in [0.5, 0.6) is 0 Å². The third kappa shape index (κ3) is 3.85. The molecule has 1 amide bonds. The van der Waals surface area contributed by atoms with Gasteiger partial charge in [0.1, 0.15) is 5.69 Å². The third-order valence-electron chi connectivity index (χ3n) is 1.62. The van der Waals surface area contributed by atoms with Gasteiger partial charge in [0.15, 0.2) is 5.13 Å². The first kappa shape index (κ1) is 11.9. The van der Waals surface area contributed by atoms with Crippen molar-refractivity contribution in [1.29, 1.82) is 0 Å². The number of hydrogen-bond donors (Lipinski definition) is 3. The molecule has 0 aromatic carbocycles. The minimum Gasteiger partial charge on any atom is -0.392 e. The predicted octanol–water partition coefficient (Wildman–Crippen LogP) is 0.685. The lowest BCUT2D eigenvalue weighted by Crippen LogP contribution is -2.30. The van der Waals surface area contributed by atoms with Gasteiger partial charge in [-0.15, -0.1) is 11.3 Å². The molecule has 0 saturated carbocycles. The molecule has 6 heteroatoms. The first-order chi connectivity index (χ1) is 7.13. The molecule has 1 heterocycles. The Hall–Kier alpha value is -1.14. The Morgan fingerprint density at radius 3 is 3.07 bits per heavy atom. The van der Waals surface area contributed by atoms with E-state index in [1.807, 2.05) is 6.92 Å². The van der Waals surface area contributed by atoms with E-state index in [1.165, 1.54) is 11.3 Å². The second-order valence-corrected chi connectivity index (χ2v) is 3.99. The summed E-state index contributed by atoms with van der Waals surface area (Å²) < 4.78 is 0. The maximum Gasteiger partial charge on any atom is 0.270 e. The third-order valence-corrected chi connectivity index (χ3v) is 2.42. The minimum atomic E-state index is -0.541. The van der Waals surface area contributed by atoms with Gasteiger partial charge in [0, 0.05) is 18.5 Å². The monoisotopic (exact) mass is 229 g/mol. The first-order valence-electron chi connectivity index (χ1n) is 4.79. The SMILES string of the molecule is CCNc1nc(C(=O)NCC(C)O)cs1. The van der Waals surface area contributed by atoms with Crippen molar-refractivity contribution in [2.45, 2.75) is 20.0 Å². The molecular weight excluding hydrogens is 214 g/mol. The standard InChI is InChI=1S/C9H15N3O2S/c1-3-10-9-12-7(5-15-9)8(14)11-4-6(2)13/h5-6,13H,3-4H2,1-2H3,(H,10,12)(H,11,14). The van der Waals surface area contributed by atoms with Gasteiger partial charge < -0.3 is 15.7 Å². The summed E-state index contributed by atoms with van der Waals surface area (Å²) in [5, 5.41) is 17.0. The van der Waals surface area contributed by atoms with Gasteiger partial charge in [-0.2, -0.15) is 0 Å². The minimum absolute atomic E-state index is 0.243. The van der Waals surface area contributed by atoms with Gasteiger partial charge in [0.05, 0.1) is 6.10 Å². The van der Waals surface area contributed by atoms with Crippen molar-refractivity contribution in [3.05, 3.63) is 11.1 Å². The Kier molecular flexibility index (Phi) is 4.51. The van der Waals surface area contributed by atoms with Gasteiger partial charge in [-0.05, 0) is 13.8 Å². The number of rotatable bonds is 5. The average Bonchev–Trinajstić information content (AvgIpc) is 2.63. The van der Waals surface area contributed by atoms with Crippen LogP contribution in [0, 0.1) is 0 Å². The molecule has 0 spiro atoms. The normalized spacial score (nSPS) is 12.2. The summed E-state index contributed by atoms with van der Waals surface area (Å²) in [6.45, 7) is 4.61. The molecule has 0 aliphatic carbocycles. The highest BCUT2D eigenvalue weighted by Crippen LogP contribution is 2.14. The largest absolute Gasteiger partial charge is 0.392 e. The van der Waals surface area contributed by atoms with Crippen LogP contribution in [0.2, 0.25) is 0 Å². The molecule has 84 valence electrons. The zero-order chi connectivity index (χ0) is 11.3. The number of aliphatic hydroxyl groups excluding tert-OH is 1. The molecule has 1 atom stereocenters. The van der Waals surface area contributed by atoms with Crippen molar-refractivity contribution in [2.75, 3.05) is 18.4 Å². The number of anilines is 1. The maximum atomic E-state index is 11.5. The van der Waals surface area contributed by atoms with Crippen LogP contribution in [-0.4, -0.2) is 35.2 Å². The van der Waals surface area contributed by atoms with Gasteiger partial charge in [-0.25, -0.2) is 4.98 Å². The van der Waals surface area contributed by atoms with Crippen molar-refractivity contribution in [1.82, 2.24) is 10.3 Å². The lowest BCUT2D eigenvalue weighted by atomic mass is 10.4. The summed E-state index contributed by atoms with van der Waals surface area (Å²) in [7, 11) is 0. The molecule has 1 rings (SSSR count). The fraction of sp³-hybridized carbons (Fsp3) is 0.556. The van der Waals surface area contributed by atoms with Crippen molar-refractivity contribution in [3.63, 3.8) is 0 Å². The van der Waals surface area contributed by atoms with E-state index >= 15 is 0 Å². The molecule has 0 radical (unpaired) electrons. The first-order valence-corrected chi connectivity index (χ1v) is 5.67. The highest BCUT2D eigenvalue weighted by molar-refractivity contribution is 7.13. The number of nitrogens with one attached hydrogen (secondary N) is 2. The summed E-state index contributed by atoms with van der Waals surface area (Å²) in [5.74, 6) is -0.253. The molecule has 3 N–H and O–H groups in total. The zero-order valence-electron chi connectivity index (χ0n) is 8.78. The smallest absolute Gasteiger partial charge is 0.270 e. The van der Waals surface area contributed by atoms with E-state index in [1.54, 1.807) is 12.3 Å². The van der Waals surface area contributed by atoms with E-state index in [0.717, 1.165) is 11.7 Å². The van der Waals surface area contributed by atoms with Gasteiger partial charge >= 0.3 is 0 Å². The number of aromatic nitrogens is 1. The van der Waals surface area contributed by atoms with Crippen LogP contribution in [0.25, 0.3) is 0 Å². The molecular formula is C9H15N3O2S. The summed E-state index contributed by atoms with van der Waals surface area (Å²) in [4.78, 5) is 15.6. The van der Waals surface area contributed by atoms with E-state index in [2.05, 4.69) is 15.6 Å². The van der Waals surface area contributed by atoms with E-state index in [0.29, 0.717) is 5.69 Å². The highest BCUT2D eigenvalue weighted by Gasteiger charge is 2.10. The summed E-state index contributed by atoms with van der Waals surface area (Å²) in [6, 6.07) is 0. The highest BCUT2D eigenvalue weighted by atomic mass is 32.1. The Morgan fingerprint density at radius 2 is 2.47 bits per heavy atom. The van der Waals surface area contributed by atoms with Crippen LogP contribution < -0.4 is 10.6 Å². The van der Waals surface area contributed by atoms with E-state index in [4.69, 9.17) is 5.11 Å². The van der Waals surface area contributed by atoms with Crippen LogP contribution >= 0.6 is 11.3 Å². The molecule has 1 aromatic rings. The number of amides is 1. The fourth-order valence-corrected chi connectivity index (χ4v) is 1.70. The van der Waals surface area contributed by atoms with Crippen LogP contribution in [0.3, 0.4) is 0 Å². The van der Waals surface area contributed by atoms with Crippen molar-refractivity contribution in [2.24, 2.45) is 0 Å². The molecule has 0 bridgehead atoms. The topological polar surface area (TPSA) is 74.2 Å². The second kappa shape index (κ2) is 5.67. The van der Waals surface area contributed by atoms with E-state index in [-0.39, 0.29) is 12.5 Å². The van der Waals surface area contributed by atoms with Crippen LogP contribution in [0.15, 0.2) is 5.38 Å². The van der Waals surface area contributed by atoms with Crippen molar-refractivity contribution < 1.29 is 9.90 Å². The Bertz CT molecular complexity index is 325. The van der Waals surface area contributed by atoms with Crippen LogP contribution in [-0.2, 0) is 0 Å². The molecule has 15 heavy (non-hydrogen) atoms. The lowest BCUT2D eigenvalue weighted by molar-refractivity contribution is 0.0920. The maximum absolute atomic E-state index is 11.5. The lowest BCUT2D eigenvalue weighted by Gasteiger charge is -2.04. The number of thiazole rings is 1. The average molecular weight is 229 g/mol. The molecule has 0 aliphatic rings. The fourth-order valence-electron chi connectivity index (χ4n) is 0.941. The van der Waals surface area contributed by atoms with Gasteiger partial charge in [0.25, 0.3) is 5.91 Å². The number of hydrogen-bond acceptors (Lipinski definition) is 5. The summed E-state index contributed by atoms with van der Waals surface area (Å²) >= 11 is 1.39. The molecule has 1 aromatic heterocycles. The number of nitrogens with zero attached hydrogens (tertiary/aromatic N) is 1. The number of carbonyl (C=O) groups excluding carboxylic acids is 1. The Balaban J connectivity index is 2.50. The Labute approximate surface area is 92.5 Å². The molecule has 0 fully saturated rings. The Morgan fingerprint density at radius 1 is 1.73 bits per heavy atom. The van der Waals surface area contributed by atoms with Crippen LogP contribution in [0.1, 0.15) is 24.3 Å². The molecule has 1 unspecified atom stereocenters. The molecule has 5 nitrogen and oxygen atoms in total. The summed E-state index contributed by atoms with van der Waals surface area (Å²) in [5.41, 5.74) is 0.386. The zero-order valence-corrected chi connectivity index (χ0v) is 9.60. The number of aliphatic hydroxyl groups is 1. The van der Waals surface area contributed by atoms with Gasteiger partial charge in [-0.1, -0.05) is 0 Å². The van der Waals surface area contributed by atoms with E-state index < -0.39 is 6.10 Å². The number of carbonyl (C=O) groups is 1. The van der Waals surface area contributed by atoms with Crippen molar-refractivity contribution >= 4 is 22.4 Å². The van der Waals surface area contributed by atoms with E-state index in [9.17, 15) is 4.79 Å². The van der Waals surface area contributed by atoms with Crippen LogP contribution in [0.4, 0.5) is 5.13 Å². The quantitative estimate of drug-likeness (QED) is 0.694.